The second kappa shape index (κ2) is 13.2. The molecule has 1 saturated heterocycles. The molecule has 0 aromatic heterocycles. The van der Waals surface area contributed by atoms with Crippen molar-refractivity contribution in [3.63, 3.8) is 0 Å². The molecule has 6 rings (SSSR count). The Bertz CT molecular complexity index is 1360. The molecule has 0 N–H and O–H groups in total. The third-order valence-corrected chi connectivity index (χ3v) is 10.9. The van der Waals surface area contributed by atoms with Gasteiger partial charge in [0.1, 0.15) is 23.4 Å². The van der Waals surface area contributed by atoms with Crippen LogP contribution in [0.2, 0.25) is 31.5 Å². The van der Waals surface area contributed by atoms with Crippen molar-refractivity contribution >= 4 is 15.2 Å². The van der Waals surface area contributed by atoms with E-state index in [-0.39, 0.29) is 5.82 Å². The highest BCUT2D eigenvalue weighted by Crippen LogP contribution is 2.56. The van der Waals surface area contributed by atoms with Gasteiger partial charge in [-0.15, -0.1) is 0 Å². The number of ether oxygens (including phenoxy) is 2. The molecule has 1 aliphatic heterocycles. The maximum atomic E-state index is 7.24. The molecule has 1 saturated carbocycles. The van der Waals surface area contributed by atoms with E-state index in [0.717, 1.165) is 28.7 Å². The largest absolute Gasteiger partial charge is 0.461 e. The molecule has 0 spiro atoms. The number of methoxy groups -OCH3 is 2. The molecule has 4 aromatic carbocycles. The van der Waals surface area contributed by atoms with E-state index >= 15 is 0 Å². The molecular formula is C39H45BO4Si. The Hall–Kier alpha value is -3.26. The van der Waals surface area contributed by atoms with Crippen molar-refractivity contribution in [2.45, 2.75) is 61.3 Å². The number of benzene rings is 4. The van der Waals surface area contributed by atoms with Gasteiger partial charge >= 0.3 is 7.12 Å². The summed E-state index contributed by atoms with van der Waals surface area (Å²) < 4.78 is 28.0. The third-order valence-electron chi connectivity index (χ3n) is 9.45. The number of hydrogen-bond acceptors (Lipinski definition) is 4. The zero-order chi connectivity index (χ0) is 31.5. The Kier molecular flexibility index (Phi) is 9.32. The average molecular weight is 617 g/mol. The van der Waals surface area contributed by atoms with Gasteiger partial charge < -0.3 is 18.8 Å². The van der Waals surface area contributed by atoms with Crippen LogP contribution in [0.4, 0.5) is 0 Å². The summed E-state index contributed by atoms with van der Waals surface area (Å²) in [6, 6.07) is 42.8. The first-order valence-corrected chi connectivity index (χ1v) is 19.8. The molecule has 0 amide bonds. The Balaban J connectivity index is 1.52. The first-order chi connectivity index (χ1) is 21.8. The predicted molar refractivity (Wildman–Crippen MR) is 186 cm³/mol. The summed E-state index contributed by atoms with van der Waals surface area (Å²) in [4.78, 5) is 0. The molecule has 232 valence electrons. The summed E-state index contributed by atoms with van der Waals surface area (Å²) in [5, 5.41) is 0. The van der Waals surface area contributed by atoms with Gasteiger partial charge in [0.2, 0.25) is 0 Å². The van der Waals surface area contributed by atoms with Crippen molar-refractivity contribution in [3.05, 3.63) is 156 Å². The van der Waals surface area contributed by atoms with Gasteiger partial charge in [0.05, 0.1) is 0 Å². The second-order valence-corrected chi connectivity index (χ2v) is 19.1. The van der Waals surface area contributed by atoms with Gasteiger partial charge in [0.15, 0.2) is 0 Å². The molecule has 0 radical (unpaired) electrons. The van der Waals surface area contributed by atoms with E-state index in [4.69, 9.17) is 18.8 Å². The minimum atomic E-state index is -1.16. The Morgan fingerprint density at radius 2 is 1.00 bits per heavy atom. The Morgan fingerprint density at radius 1 is 0.644 bits per heavy atom. The lowest BCUT2D eigenvalue weighted by molar-refractivity contribution is -0.136. The van der Waals surface area contributed by atoms with Crippen molar-refractivity contribution in [3.8, 4) is 0 Å². The summed E-state index contributed by atoms with van der Waals surface area (Å²) in [5.41, 5.74) is 2.07. The van der Waals surface area contributed by atoms with E-state index in [1.807, 2.05) is 24.3 Å². The second-order valence-electron chi connectivity index (χ2n) is 13.6. The molecule has 4 atom stereocenters. The van der Waals surface area contributed by atoms with Crippen LogP contribution in [0.15, 0.2) is 133 Å². The average Bonchev–Trinajstić information content (AvgIpc) is 3.71. The van der Waals surface area contributed by atoms with E-state index in [1.54, 1.807) is 14.2 Å². The lowest BCUT2D eigenvalue weighted by atomic mass is 9.71. The van der Waals surface area contributed by atoms with E-state index < -0.39 is 38.6 Å². The molecule has 1 heterocycles. The molecule has 6 heteroatoms. The van der Waals surface area contributed by atoms with Crippen molar-refractivity contribution in [2.75, 3.05) is 14.2 Å². The lowest BCUT2D eigenvalue weighted by Gasteiger charge is -2.47. The SMILES string of the molecule is COC(c1ccccc1)(c1ccccc1)[C@@H]1OB([C@@H]2C[C@H]2/C=C/C[Si](C)(C)C)O[C@H]1C(OC)(c1ccccc1)c1ccccc1. The van der Waals surface area contributed by atoms with Crippen LogP contribution in [0.25, 0.3) is 0 Å². The zero-order valence-corrected chi connectivity index (χ0v) is 28.1. The monoisotopic (exact) mass is 616 g/mol. The van der Waals surface area contributed by atoms with E-state index in [9.17, 15) is 0 Å². The van der Waals surface area contributed by atoms with Crippen molar-refractivity contribution in [1.82, 2.24) is 0 Å². The topological polar surface area (TPSA) is 36.9 Å². The number of hydrogen-bond donors (Lipinski definition) is 0. The van der Waals surface area contributed by atoms with E-state index in [0.29, 0.717) is 5.92 Å². The van der Waals surface area contributed by atoms with Gasteiger partial charge in [-0.2, -0.15) is 0 Å². The molecule has 2 fully saturated rings. The van der Waals surface area contributed by atoms with Crippen LogP contribution in [-0.4, -0.2) is 41.6 Å². The highest BCUT2D eigenvalue weighted by Gasteiger charge is 2.65. The van der Waals surface area contributed by atoms with Crippen molar-refractivity contribution in [1.29, 1.82) is 0 Å². The molecule has 0 unspecified atom stereocenters. The third kappa shape index (κ3) is 6.15. The summed E-state index contributed by atoms with van der Waals surface area (Å²) in [6.07, 6.45) is 4.73. The van der Waals surface area contributed by atoms with Gasteiger partial charge in [-0.25, -0.2) is 0 Å². The van der Waals surface area contributed by atoms with Crippen LogP contribution in [0.1, 0.15) is 28.7 Å². The molecule has 4 aromatic rings. The first kappa shape index (κ1) is 31.7. The Labute approximate surface area is 270 Å². The molecule has 4 nitrogen and oxygen atoms in total. The maximum Gasteiger partial charge on any atom is 0.461 e. The molecular weight excluding hydrogens is 571 g/mol. The van der Waals surface area contributed by atoms with E-state index in [1.165, 1.54) is 6.04 Å². The van der Waals surface area contributed by atoms with Crippen LogP contribution in [0.5, 0.6) is 0 Å². The molecule has 0 bridgehead atoms. The lowest BCUT2D eigenvalue weighted by Crippen LogP contribution is -2.56. The molecule has 1 aliphatic carbocycles. The van der Waals surface area contributed by atoms with Crippen LogP contribution >= 0.6 is 0 Å². The van der Waals surface area contributed by atoms with Crippen LogP contribution in [0, 0.1) is 5.92 Å². The highest BCUT2D eigenvalue weighted by molar-refractivity contribution is 6.76. The molecule has 45 heavy (non-hydrogen) atoms. The highest BCUT2D eigenvalue weighted by atomic mass is 28.3. The fourth-order valence-corrected chi connectivity index (χ4v) is 7.93. The minimum Gasteiger partial charge on any atom is -0.402 e. The van der Waals surface area contributed by atoms with Gasteiger partial charge in [-0.1, -0.05) is 153 Å². The van der Waals surface area contributed by atoms with Gasteiger partial charge in [-0.3, -0.25) is 0 Å². The summed E-state index contributed by atoms with van der Waals surface area (Å²) in [5.74, 6) is 0.694. The summed E-state index contributed by atoms with van der Waals surface area (Å²) in [6.45, 7) is 7.24. The zero-order valence-electron chi connectivity index (χ0n) is 27.1. The normalized spacial score (nSPS) is 22.2. The standard InChI is InChI=1S/C39H45BO4Si/c1-41-38(31-20-10-6-11-21-31,32-22-12-7-13-23-32)36-37(44-40(43-36)35-29-30(35)19-18-28-45(3,4)5)39(42-2,33-24-14-8-15-25-33)34-26-16-9-17-27-34/h6-27,30,35-37H,28-29H2,1-5H3/b19-18+/t30-,35-,36-,37-/m1/s1. The van der Waals surface area contributed by atoms with E-state index in [2.05, 4.69) is 129 Å². The molecule has 2 aliphatic rings. The first-order valence-electron chi connectivity index (χ1n) is 16.1. The van der Waals surface area contributed by atoms with Crippen LogP contribution in [0.3, 0.4) is 0 Å². The number of rotatable bonds is 12. The minimum absolute atomic E-state index is 0.262. The quantitative estimate of drug-likeness (QED) is 0.118. The fraction of sp³-hybridized carbons (Fsp3) is 0.333. The van der Waals surface area contributed by atoms with Crippen LogP contribution in [-0.2, 0) is 30.0 Å². The summed E-state index contributed by atoms with van der Waals surface area (Å²) >= 11 is 0. The Morgan fingerprint density at radius 3 is 1.31 bits per heavy atom. The van der Waals surface area contributed by atoms with Crippen molar-refractivity contribution < 1.29 is 18.8 Å². The predicted octanol–water partition coefficient (Wildman–Crippen LogP) is 8.72. The fourth-order valence-electron chi connectivity index (χ4n) is 7.09. The maximum absolute atomic E-state index is 7.24. The summed E-state index contributed by atoms with van der Waals surface area (Å²) in [7, 11) is 1.99. The van der Waals surface area contributed by atoms with Gasteiger partial charge in [-0.05, 0) is 40.6 Å². The van der Waals surface area contributed by atoms with Gasteiger partial charge in [0.25, 0.3) is 0 Å². The van der Waals surface area contributed by atoms with Crippen LogP contribution < -0.4 is 0 Å². The van der Waals surface area contributed by atoms with Crippen molar-refractivity contribution in [2.24, 2.45) is 5.92 Å². The smallest absolute Gasteiger partial charge is 0.402 e. The number of allylic oxidation sites excluding steroid dienone is 2. The van der Waals surface area contributed by atoms with Gasteiger partial charge in [0, 0.05) is 28.1 Å².